The fourth-order valence-corrected chi connectivity index (χ4v) is 5.56. The van der Waals surface area contributed by atoms with Gasteiger partial charge in [-0.1, -0.05) is 35.1 Å². The number of nitrogens with zero attached hydrogens (tertiary/aromatic N) is 5. The lowest BCUT2D eigenvalue weighted by Gasteiger charge is -2.38. The molecule has 1 amide bonds. The van der Waals surface area contributed by atoms with E-state index in [1.54, 1.807) is 11.3 Å². The van der Waals surface area contributed by atoms with Crippen molar-refractivity contribution < 1.29 is 4.79 Å². The van der Waals surface area contributed by atoms with Gasteiger partial charge in [-0.2, -0.15) is 0 Å². The van der Waals surface area contributed by atoms with E-state index in [0.717, 1.165) is 71.7 Å². The fraction of sp³-hybridized carbons (Fsp3) is 0.450. The average Bonchev–Trinajstić information content (AvgIpc) is 3.43. The molecule has 9 heteroatoms. The summed E-state index contributed by atoms with van der Waals surface area (Å²) in [6, 6.07) is 8.04. The molecule has 1 unspecified atom stereocenters. The van der Waals surface area contributed by atoms with Crippen LogP contribution in [0.3, 0.4) is 0 Å². The number of primary amides is 1. The zero-order chi connectivity index (χ0) is 20.0. The van der Waals surface area contributed by atoms with Gasteiger partial charge in [-0.15, -0.1) is 5.10 Å². The minimum atomic E-state index is -0.178. The standard InChI is InChI=1S/C20H23ClN6OS/c21-14-5-3-13(4-6-14)16-12-27-19(23-16)29-20(24-27)25-10-7-15(8-11-25)26-9-1-2-17(26)18(22)28/h3-6,12,15,17H,1-2,7-11H2,(H2,22,28). The van der Waals surface area contributed by atoms with Crippen LogP contribution in [0.5, 0.6) is 0 Å². The molecular formula is C20H23ClN6OS. The first kappa shape index (κ1) is 18.8. The third kappa shape index (κ3) is 3.60. The molecule has 1 atom stereocenters. The van der Waals surface area contributed by atoms with Crippen LogP contribution in [-0.2, 0) is 4.79 Å². The molecule has 0 bridgehead atoms. The quantitative estimate of drug-likeness (QED) is 0.688. The van der Waals surface area contributed by atoms with Crippen LogP contribution in [0.4, 0.5) is 5.13 Å². The number of halogens is 1. The van der Waals surface area contributed by atoms with Gasteiger partial charge in [-0.05, 0) is 44.4 Å². The van der Waals surface area contributed by atoms with Crippen molar-refractivity contribution in [2.24, 2.45) is 5.73 Å². The molecule has 2 N–H and O–H groups in total. The summed E-state index contributed by atoms with van der Waals surface area (Å²) < 4.78 is 1.86. The topological polar surface area (TPSA) is 79.8 Å². The van der Waals surface area contributed by atoms with Gasteiger partial charge in [-0.25, -0.2) is 9.50 Å². The maximum atomic E-state index is 11.7. The first-order chi connectivity index (χ1) is 14.1. The van der Waals surface area contributed by atoms with Gasteiger partial charge < -0.3 is 10.6 Å². The molecule has 2 aliphatic rings. The molecule has 0 spiro atoms. The zero-order valence-electron chi connectivity index (χ0n) is 16.0. The summed E-state index contributed by atoms with van der Waals surface area (Å²) in [5.74, 6) is -0.178. The highest BCUT2D eigenvalue weighted by atomic mass is 35.5. The Labute approximate surface area is 178 Å². The summed E-state index contributed by atoms with van der Waals surface area (Å²) in [6.45, 7) is 2.86. The summed E-state index contributed by atoms with van der Waals surface area (Å²) in [5.41, 5.74) is 7.52. The number of piperidine rings is 1. The Morgan fingerprint density at radius 1 is 1.14 bits per heavy atom. The van der Waals surface area contributed by atoms with Gasteiger partial charge in [-0.3, -0.25) is 9.69 Å². The van der Waals surface area contributed by atoms with Crippen LogP contribution >= 0.6 is 22.9 Å². The molecule has 1 aromatic carbocycles. The van der Waals surface area contributed by atoms with Crippen LogP contribution < -0.4 is 10.6 Å². The van der Waals surface area contributed by atoms with Gasteiger partial charge in [0.25, 0.3) is 0 Å². The highest BCUT2D eigenvalue weighted by Gasteiger charge is 2.36. The second-order valence-electron chi connectivity index (χ2n) is 7.76. The van der Waals surface area contributed by atoms with E-state index < -0.39 is 0 Å². The number of benzene rings is 1. The van der Waals surface area contributed by atoms with Crippen LogP contribution in [0.1, 0.15) is 25.7 Å². The van der Waals surface area contributed by atoms with Crippen molar-refractivity contribution in [1.29, 1.82) is 0 Å². The van der Waals surface area contributed by atoms with E-state index in [1.165, 1.54) is 0 Å². The number of carbonyl (C=O) groups excluding carboxylic acids is 1. The third-order valence-electron chi connectivity index (χ3n) is 6.00. The summed E-state index contributed by atoms with van der Waals surface area (Å²) in [5, 5.41) is 6.47. The molecule has 7 nitrogen and oxygen atoms in total. The van der Waals surface area contributed by atoms with E-state index in [0.29, 0.717) is 6.04 Å². The maximum Gasteiger partial charge on any atom is 0.234 e. The van der Waals surface area contributed by atoms with Gasteiger partial charge >= 0.3 is 0 Å². The predicted octanol–water partition coefficient (Wildman–Crippen LogP) is 3.03. The number of hydrogen-bond acceptors (Lipinski definition) is 6. The number of likely N-dealkylation sites (tertiary alicyclic amines) is 1. The second-order valence-corrected chi connectivity index (χ2v) is 9.13. The first-order valence-corrected chi connectivity index (χ1v) is 11.2. The van der Waals surface area contributed by atoms with Crippen molar-refractivity contribution in [1.82, 2.24) is 19.5 Å². The van der Waals surface area contributed by atoms with Gasteiger partial charge in [0.1, 0.15) is 0 Å². The van der Waals surface area contributed by atoms with E-state index in [9.17, 15) is 4.79 Å². The summed E-state index contributed by atoms with van der Waals surface area (Å²) in [6.07, 6.45) is 5.99. The first-order valence-electron chi connectivity index (χ1n) is 10.0. The van der Waals surface area contributed by atoms with E-state index in [-0.39, 0.29) is 11.9 Å². The Hall–Kier alpha value is -2.16. The van der Waals surface area contributed by atoms with Crippen LogP contribution in [-0.4, -0.2) is 57.1 Å². The normalized spacial score (nSPS) is 21.3. The van der Waals surface area contributed by atoms with Crippen LogP contribution in [0, 0.1) is 0 Å². The Kier molecular flexibility index (Phi) is 4.93. The van der Waals surface area contributed by atoms with E-state index >= 15 is 0 Å². The smallest absolute Gasteiger partial charge is 0.234 e. The molecule has 4 heterocycles. The Morgan fingerprint density at radius 3 is 2.59 bits per heavy atom. The molecule has 2 saturated heterocycles. The van der Waals surface area contributed by atoms with Crippen molar-refractivity contribution in [3.8, 4) is 11.3 Å². The van der Waals surface area contributed by atoms with Crippen LogP contribution in [0.15, 0.2) is 30.5 Å². The Bertz CT molecular complexity index is 992. The number of amides is 1. The average molecular weight is 431 g/mol. The molecule has 0 radical (unpaired) electrons. The van der Waals surface area contributed by atoms with Crippen molar-refractivity contribution in [2.45, 2.75) is 37.8 Å². The minimum Gasteiger partial charge on any atom is -0.368 e. The number of nitrogens with two attached hydrogens (primary N) is 1. The molecule has 3 aromatic rings. The van der Waals surface area contributed by atoms with Gasteiger partial charge in [0.05, 0.1) is 17.9 Å². The number of imidazole rings is 1. The lowest BCUT2D eigenvalue weighted by Crippen LogP contribution is -2.50. The largest absolute Gasteiger partial charge is 0.368 e. The van der Waals surface area contributed by atoms with E-state index in [1.807, 2.05) is 35.0 Å². The van der Waals surface area contributed by atoms with Crippen LogP contribution in [0.2, 0.25) is 5.02 Å². The molecule has 5 rings (SSSR count). The lowest BCUT2D eigenvalue weighted by atomic mass is 10.0. The Balaban J connectivity index is 1.27. The molecular weight excluding hydrogens is 408 g/mol. The van der Waals surface area contributed by atoms with Gasteiger partial charge in [0.15, 0.2) is 0 Å². The summed E-state index contributed by atoms with van der Waals surface area (Å²) >= 11 is 7.59. The highest BCUT2D eigenvalue weighted by Crippen LogP contribution is 2.31. The SMILES string of the molecule is NC(=O)C1CCCN1C1CCN(c2nn3cc(-c4ccc(Cl)cc4)nc3s2)CC1. The number of aromatic nitrogens is 3. The molecule has 2 fully saturated rings. The molecule has 0 aliphatic carbocycles. The highest BCUT2D eigenvalue weighted by molar-refractivity contribution is 7.20. The van der Waals surface area contributed by atoms with Crippen LogP contribution in [0.25, 0.3) is 16.2 Å². The summed E-state index contributed by atoms with van der Waals surface area (Å²) in [7, 11) is 0. The van der Waals surface area contributed by atoms with E-state index in [4.69, 9.17) is 27.4 Å². The van der Waals surface area contributed by atoms with Crippen molar-refractivity contribution in [3.63, 3.8) is 0 Å². The maximum absolute atomic E-state index is 11.7. The lowest BCUT2D eigenvalue weighted by molar-refractivity contribution is -0.123. The van der Waals surface area contributed by atoms with Gasteiger partial charge in [0.2, 0.25) is 16.0 Å². The number of rotatable bonds is 4. The van der Waals surface area contributed by atoms with Crippen molar-refractivity contribution >= 4 is 38.9 Å². The third-order valence-corrected chi connectivity index (χ3v) is 7.23. The minimum absolute atomic E-state index is 0.0824. The zero-order valence-corrected chi connectivity index (χ0v) is 17.6. The molecule has 29 heavy (non-hydrogen) atoms. The number of carbonyl (C=O) groups is 1. The Morgan fingerprint density at radius 2 is 1.90 bits per heavy atom. The van der Waals surface area contributed by atoms with Crippen molar-refractivity contribution in [3.05, 3.63) is 35.5 Å². The number of hydrogen-bond donors (Lipinski definition) is 1. The molecule has 2 aliphatic heterocycles. The second kappa shape index (κ2) is 7.59. The molecule has 0 saturated carbocycles. The number of fused-ring (bicyclic) bond motifs is 1. The van der Waals surface area contributed by atoms with Gasteiger partial charge in [0, 0.05) is 29.7 Å². The molecule has 2 aromatic heterocycles. The number of anilines is 1. The fourth-order valence-electron chi connectivity index (χ4n) is 4.50. The monoisotopic (exact) mass is 430 g/mol. The molecule has 152 valence electrons. The predicted molar refractivity (Wildman–Crippen MR) is 115 cm³/mol. The van der Waals surface area contributed by atoms with Crippen molar-refractivity contribution in [2.75, 3.05) is 24.5 Å². The van der Waals surface area contributed by atoms with E-state index in [2.05, 4.69) is 9.80 Å². The summed E-state index contributed by atoms with van der Waals surface area (Å²) in [4.78, 5) is 22.0.